The second-order valence-corrected chi connectivity index (χ2v) is 9.59. The van der Waals surface area contributed by atoms with Gasteiger partial charge in [0.25, 0.3) is 0 Å². The maximum absolute atomic E-state index is 12.9. The van der Waals surface area contributed by atoms with E-state index in [-0.39, 0.29) is 18.1 Å². The molecule has 0 saturated heterocycles. The molecule has 0 radical (unpaired) electrons. The highest BCUT2D eigenvalue weighted by Crippen LogP contribution is 2.36. The quantitative estimate of drug-likeness (QED) is 0.502. The average molecular weight is 434 g/mol. The van der Waals surface area contributed by atoms with Crippen LogP contribution in [-0.4, -0.2) is 25.1 Å². The van der Waals surface area contributed by atoms with E-state index in [1.165, 1.54) is 49.8 Å². The van der Waals surface area contributed by atoms with Crippen LogP contribution in [0, 0.1) is 0 Å². The number of fused-ring (bicyclic) bond motifs is 6. The Kier molecular flexibility index (Phi) is 4.41. The molecule has 7 nitrogen and oxygen atoms in total. The standard InChI is InChI=1S/C23H23N5O2S/c29-19(25-16-10-9-14-5-4-6-15(14)11-16)12-28-23(30)27-13-24-22-20(21(27)26-28)17-7-2-1-3-8-18(17)31-22/h9-11,13H,1-8,12H2,(H,25,29). The Morgan fingerprint density at radius 3 is 2.87 bits per heavy atom. The van der Waals surface area contributed by atoms with Crippen LogP contribution in [-0.2, 0) is 37.0 Å². The van der Waals surface area contributed by atoms with Crippen LogP contribution in [0.2, 0.25) is 0 Å². The van der Waals surface area contributed by atoms with Crippen molar-refractivity contribution in [1.29, 1.82) is 0 Å². The summed E-state index contributed by atoms with van der Waals surface area (Å²) in [5.74, 6) is -0.253. The van der Waals surface area contributed by atoms with E-state index < -0.39 is 0 Å². The SMILES string of the molecule is O=C(Cn1nc2c3c4c(sc3ncn2c1=O)CCCCC4)Nc1ccc2c(c1)CCC2. The first-order valence-corrected chi connectivity index (χ1v) is 11.8. The smallest absolute Gasteiger partial charge is 0.324 e. The van der Waals surface area contributed by atoms with Crippen molar-refractivity contribution in [3.8, 4) is 0 Å². The predicted molar refractivity (Wildman–Crippen MR) is 121 cm³/mol. The van der Waals surface area contributed by atoms with E-state index in [1.54, 1.807) is 11.3 Å². The molecule has 6 rings (SSSR count). The predicted octanol–water partition coefficient (Wildman–Crippen LogP) is 3.50. The largest absolute Gasteiger partial charge is 0.352 e. The van der Waals surface area contributed by atoms with Gasteiger partial charge >= 0.3 is 5.69 Å². The minimum Gasteiger partial charge on any atom is -0.324 e. The third kappa shape index (κ3) is 3.17. The third-order valence-corrected chi connectivity index (χ3v) is 7.66. The van der Waals surface area contributed by atoms with Crippen molar-refractivity contribution in [2.75, 3.05) is 5.32 Å². The fourth-order valence-electron chi connectivity index (χ4n) is 4.94. The summed E-state index contributed by atoms with van der Waals surface area (Å²) >= 11 is 1.71. The lowest BCUT2D eigenvalue weighted by molar-refractivity contribution is -0.117. The maximum atomic E-state index is 12.9. The Hall–Kier alpha value is -3.00. The van der Waals surface area contributed by atoms with Crippen molar-refractivity contribution in [2.45, 2.75) is 57.9 Å². The molecular formula is C23H23N5O2S. The fraction of sp³-hybridized carbons (Fsp3) is 0.391. The molecule has 1 N–H and O–H groups in total. The van der Waals surface area contributed by atoms with Gasteiger partial charge in [-0.1, -0.05) is 12.5 Å². The van der Waals surface area contributed by atoms with Crippen molar-refractivity contribution >= 4 is 38.8 Å². The van der Waals surface area contributed by atoms with Crippen LogP contribution in [0.4, 0.5) is 5.69 Å². The summed E-state index contributed by atoms with van der Waals surface area (Å²) in [7, 11) is 0. The lowest BCUT2D eigenvalue weighted by Crippen LogP contribution is -2.28. The first kappa shape index (κ1) is 18.7. The van der Waals surface area contributed by atoms with Gasteiger partial charge < -0.3 is 5.32 Å². The van der Waals surface area contributed by atoms with Gasteiger partial charge in [0.05, 0.1) is 5.39 Å². The molecule has 2 aliphatic carbocycles. The molecule has 0 bridgehead atoms. The molecule has 1 aromatic carbocycles. The maximum Gasteiger partial charge on any atom is 0.352 e. The van der Waals surface area contributed by atoms with Gasteiger partial charge in [-0.3, -0.25) is 4.79 Å². The normalized spacial score (nSPS) is 15.7. The van der Waals surface area contributed by atoms with E-state index in [9.17, 15) is 9.59 Å². The molecule has 1 amide bonds. The van der Waals surface area contributed by atoms with Crippen molar-refractivity contribution in [3.63, 3.8) is 0 Å². The molecule has 31 heavy (non-hydrogen) atoms. The lowest BCUT2D eigenvalue weighted by atomic mass is 10.1. The zero-order valence-corrected chi connectivity index (χ0v) is 18.0. The first-order chi connectivity index (χ1) is 15.2. The molecule has 0 saturated carbocycles. The van der Waals surface area contributed by atoms with Crippen LogP contribution < -0.4 is 11.0 Å². The van der Waals surface area contributed by atoms with E-state index >= 15 is 0 Å². The van der Waals surface area contributed by atoms with Gasteiger partial charge in [-0.05, 0) is 73.8 Å². The molecule has 0 spiro atoms. The lowest BCUT2D eigenvalue weighted by Gasteiger charge is -2.07. The van der Waals surface area contributed by atoms with E-state index in [2.05, 4.69) is 21.5 Å². The number of carbonyl (C=O) groups is 1. The molecule has 2 aliphatic rings. The number of carbonyl (C=O) groups excluding carboxylic acids is 1. The zero-order chi connectivity index (χ0) is 20.9. The summed E-state index contributed by atoms with van der Waals surface area (Å²) in [4.78, 5) is 32.4. The highest BCUT2D eigenvalue weighted by atomic mass is 32.1. The Balaban J connectivity index is 1.33. The Morgan fingerprint density at radius 2 is 1.94 bits per heavy atom. The van der Waals surface area contributed by atoms with E-state index in [4.69, 9.17) is 0 Å². The van der Waals surface area contributed by atoms with Gasteiger partial charge in [-0.25, -0.2) is 18.9 Å². The van der Waals surface area contributed by atoms with E-state index in [0.717, 1.165) is 54.4 Å². The topological polar surface area (TPSA) is 81.3 Å². The molecule has 0 atom stereocenters. The van der Waals surface area contributed by atoms with Gasteiger partial charge in [-0.2, -0.15) is 0 Å². The molecular weight excluding hydrogens is 410 g/mol. The van der Waals surface area contributed by atoms with Gasteiger partial charge in [0.15, 0.2) is 5.65 Å². The zero-order valence-electron chi connectivity index (χ0n) is 17.2. The Bertz CT molecular complexity index is 1400. The van der Waals surface area contributed by atoms with Crippen molar-refractivity contribution in [2.24, 2.45) is 0 Å². The highest BCUT2D eigenvalue weighted by molar-refractivity contribution is 7.19. The summed E-state index contributed by atoms with van der Waals surface area (Å²) in [6.45, 7) is -0.120. The average Bonchev–Trinajstić information content (AvgIpc) is 3.39. The number of amides is 1. The van der Waals surface area contributed by atoms with Gasteiger partial charge in [0, 0.05) is 10.6 Å². The van der Waals surface area contributed by atoms with Crippen molar-refractivity contribution in [1.82, 2.24) is 19.2 Å². The minimum absolute atomic E-state index is 0.120. The summed E-state index contributed by atoms with van der Waals surface area (Å²) in [5, 5.41) is 8.47. The molecule has 0 fully saturated rings. The molecule has 3 heterocycles. The molecule has 0 unspecified atom stereocenters. The summed E-state index contributed by atoms with van der Waals surface area (Å²) in [6, 6.07) is 6.06. The molecule has 0 aliphatic heterocycles. The second kappa shape index (κ2) is 7.30. The summed E-state index contributed by atoms with van der Waals surface area (Å²) in [6.07, 6.45) is 10.5. The Labute approximate surface area is 182 Å². The van der Waals surface area contributed by atoms with Crippen LogP contribution >= 0.6 is 11.3 Å². The third-order valence-electron chi connectivity index (χ3n) is 6.46. The van der Waals surface area contributed by atoms with E-state index in [0.29, 0.717) is 5.65 Å². The monoisotopic (exact) mass is 433 g/mol. The van der Waals surface area contributed by atoms with Crippen molar-refractivity contribution < 1.29 is 4.79 Å². The number of nitrogens with one attached hydrogen (secondary N) is 1. The van der Waals surface area contributed by atoms with Crippen LogP contribution in [0.5, 0.6) is 0 Å². The molecule has 158 valence electrons. The second-order valence-electron chi connectivity index (χ2n) is 8.51. The minimum atomic E-state index is -0.331. The van der Waals surface area contributed by atoms with E-state index in [1.807, 2.05) is 12.1 Å². The number of aryl methyl sites for hydroxylation is 4. The number of nitrogens with zero attached hydrogens (tertiary/aromatic N) is 4. The molecule has 4 aromatic rings. The van der Waals surface area contributed by atoms with Gasteiger partial charge in [-0.15, -0.1) is 16.4 Å². The van der Waals surface area contributed by atoms with Crippen LogP contribution in [0.15, 0.2) is 29.3 Å². The van der Waals surface area contributed by atoms with Gasteiger partial charge in [0.1, 0.15) is 17.7 Å². The number of aromatic nitrogens is 4. The fourth-order valence-corrected chi connectivity index (χ4v) is 6.17. The van der Waals surface area contributed by atoms with Crippen LogP contribution in [0.1, 0.15) is 47.3 Å². The summed E-state index contributed by atoms with van der Waals surface area (Å²) < 4.78 is 2.73. The Morgan fingerprint density at radius 1 is 1.06 bits per heavy atom. The molecule has 8 heteroatoms. The highest BCUT2D eigenvalue weighted by Gasteiger charge is 2.21. The number of hydrogen-bond donors (Lipinski definition) is 1. The number of anilines is 1. The van der Waals surface area contributed by atoms with Gasteiger partial charge in [0.2, 0.25) is 5.91 Å². The first-order valence-electron chi connectivity index (χ1n) is 11.0. The number of rotatable bonds is 3. The molecule has 3 aromatic heterocycles. The number of thiophene rings is 1. The summed E-state index contributed by atoms with van der Waals surface area (Å²) in [5.41, 5.74) is 5.00. The number of hydrogen-bond acceptors (Lipinski definition) is 5. The van der Waals surface area contributed by atoms with Crippen LogP contribution in [0.3, 0.4) is 0 Å². The van der Waals surface area contributed by atoms with Crippen LogP contribution in [0.25, 0.3) is 15.9 Å². The van der Waals surface area contributed by atoms with Crippen molar-refractivity contribution in [3.05, 3.63) is 56.6 Å². The number of benzene rings is 1.